The Balaban J connectivity index is 1.48. The molecular formula is C19H26N2O4. The lowest BCUT2D eigenvalue weighted by molar-refractivity contribution is -0.138. The Labute approximate surface area is 148 Å². The zero-order chi connectivity index (χ0) is 17.4. The molecule has 6 heteroatoms. The maximum absolute atomic E-state index is 13.0. The molecule has 1 amide bonds. The molecule has 0 aromatic heterocycles. The average molecular weight is 346 g/mol. The Morgan fingerprint density at radius 3 is 2.92 bits per heavy atom. The van der Waals surface area contributed by atoms with Gasteiger partial charge in [-0.3, -0.25) is 4.79 Å². The molecule has 0 radical (unpaired) electrons. The summed E-state index contributed by atoms with van der Waals surface area (Å²) in [4.78, 5) is 17.5. The second kappa shape index (κ2) is 6.84. The molecule has 3 atom stereocenters. The molecule has 0 unspecified atom stereocenters. The fraction of sp³-hybridized carbons (Fsp3) is 0.632. The second-order valence-corrected chi connectivity index (χ2v) is 7.10. The maximum atomic E-state index is 13.0. The van der Waals surface area contributed by atoms with Crippen molar-refractivity contribution >= 4 is 5.91 Å². The molecule has 3 heterocycles. The third-order valence-corrected chi connectivity index (χ3v) is 5.80. The lowest BCUT2D eigenvalue weighted by Crippen LogP contribution is -2.54. The van der Waals surface area contributed by atoms with Crippen LogP contribution in [-0.4, -0.2) is 67.9 Å². The normalized spacial score (nSPS) is 28.2. The lowest BCUT2D eigenvalue weighted by Gasteiger charge is -2.41. The van der Waals surface area contributed by atoms with Crippen molar-refractivity contribution in [2.45, 2.75) is 31.9 Å². The summed E-state index contributed by atoms with van der Waals surface area (Å²) >= 11 is 0. The van der Waals surface area contributed by atoms with Crippen molar-refractivity contribution in [1.29, 1.82) is 0 Å². The number of piperidine rings is 1. The zero-order valence-electron chi connectivity index (χ0n) is 14.9. The summed E-state index contributed by atoms with van der Waals surface area (Å²) in [5.74, 6) is 2.10. The van der Waals surface area contributed by atoms with E-state index in [2.05, 4.69) is 16.7 Å². The molecule has 0 bridgehead atoms. The molecule has 6 nitrogen and oxygen atoms in total. The molecule has 1 aromatic carbocycles. The molecule has 3 aliphatic rings. The van der Waals surface area contributed by atoms with E-state index in [1.807, 2.05) is 18.2 Å². The number of carbonyl (C=O) groups excluding carboxylic acids is 1. The standard InChI is InChI=1S/C19H26N2O4/c1-3-20-10-14-15(11-20)21(7-6-16(14)23-2)19(22)9-13-4-5-17-18(8-13)25-12-24-17/h4-5,8,14-16H,3,6-7,9-12H2,1-2H3/t14-,15+,16-/m0/s1. The molecule has 1 aromatic rings. The SMILES string of the molecule is CCN1C[C@@H]2[C@@H](OC)CCN(C(=O)Cc3ccc4c(c3)OCO4)[C@@H]2C1. The number of methoxy groups -OCH3 is 1. The second-order valence-electron chi connectivity index (χ2n) is 7.10. The van der Waals surface area contributed by atoms with E-state index < -0.39 is 0 Å². The van der Waals surface area contributed by atoms with E-state index in [0.29, 0.717) is 12.3 Å². The number of hydrogen-bond acceptors (Lipinski definition) is 5. The van der Waals surface area contributed by atoms with Crippen LogP contribution in [0.4, 0.5) is 0 Å². The summed E-state index contributed by atoms with van der Waals surface area (Å²) in [6.45, 7) is 6.21. The van der Waals surface area contributed by atoms with Gasteiger partial charge in [-0.15, -0.1) is 0 Å². The minimum atomic E-state index is 0.196. The predicted molar refractivity (Wildman–Crippen MR) is 92.8 cm³/mol. The van der Waals surface area contributed by atoms with Crippen molar-refractivity contribution in [3.63, 3.8) is 0 Å². The highest BCUT2D eigenvalue weighted by atomic mass is 16.7. The van der Waals surface area contributed by atoms with Crippen LogP contribution in [0, 0.1) is 5.92 Å². The molecule has 3 aliphatic heterocycles. The van der Waals surface area contributed by atoms with Crippen LogP contribution in [-0.2, 0) is 16.0 Å². The minimum absolute atomic E-state index is 0.196. The van der Waals surface area contributed by atoms with Crippen LogP contribution < -0.4 is 9.47 Å². The van der Waals surface area contributed by atoms with Crippen LogP contribution in [0.25, 0.3) is 0 Å². The van der Waals surface area contributed by atoms with E-state index in [1.54, 1.807) is 7.11 Å². The van der Waals surface area contributed by atoms with Gasteiger partial charge < -0.3 is 24.0 Å². The van der Waals surface area contributed by atoms with E-state index in [4.69, 9.17) is 14.2 Å². The van der Waals surface area contributed by atoms with Crippen LogP contribution in [0.2, 0.25) is 0 Å². The van der Waals surface area contributed by atoms with E-state index in [9.17, 15) is 4.79 Å². The number of ether oxygens (including phenoxy) is 3. The Bertz CT molecular complexity index is 650. The van der Waals surface area contributed by atoms with Crippen LogP contribution >= 0.6 is 0 Å². The first-order valence-corrected chi connectivity index (χ1v) is 9.12. The van der Waals surface area contributed by atoms with E-state index >= 15 is 0 Å². The number of benzene rings is 1. The first-order chi connectivity index (χ1) is 12.2. The van der Waals surface area contributed by atoms with Crippen molar-refractivity contribution in [3.8, 4) is 11.5 Å². The fourth-order valence-corrected chi connectivity index (χ4v) is 4.42. The van der Waals surface area contributed by atoms with E-state index in [1.165, 1.54) is 0 Å². The summed E-state index contributed by atoms with van der Waals surface area (Å²) in [5, 5.41) is 0. The third kappa shape index (κ3) is 3.09. The fourth-order valence-electron chi connectivity index (χ4n) is 4.42. The highest BCUT2D eigenvalue weighted by Gasteiger charge is 2.45. The number of rotatable bonds is 4. The Morgan fingerprint density at radius 2 is 2.12 bits per heavy atom. The maximum Gasteiger partial charge on any atom is 0.231 e. The van der Waals surface area contributed by atoms with E-state index in [-0.39, 0.29) is 24.8 Å². The molecule has 0 N–H and O–H groups in total. The Kier molecular flexibility index (Phi) is 4.56. The topological polar surface area (TPSA) is 51.2 Å². The van der Waals surface area contributed by atoms with Crippen molar-refractivity contribution in [2.24, 2.45) is 5.92 Å². The molecule has 0 aliphatic carbocycles. The van der Waals surface area contributed by atoms with Gasteiger partial charge in [0.1, 0.15) is 0 Å². The molecule has 0 saturated carbocycles. The summed E-state index contributed by atoms with van der Waals surface area (Å²) in [5.41, 5.74) is 0.977. The van der Waals surface area contributed by atoms with Gasteiger partial charge in [0.25, 0.3) is 0 Å². The average Bonchev–Trinajstić information content (AvgIpc) is 3.26. The predicted octanol–water partition coefficient (Wildman–Crippen LogP) is 1.53. The number of fused-ring (bicyclic) bond motifs is 2. The third-order valence-electron chi connectivity index (χ3n) is 5.80. The minimum Gasteiger partial charge on any atom is -0.454 e. The number of likely N-dealkylation sites (N-methyl/N-ethyl adjacent to an activating group) is 1. The Morgan fingerprint density at radius 1 is 1.28 bits per heavy atom. The van der Waals surface area contributed by atoms with Gasteiger partial charge in [-0.25, -0.2) is 0 Å². The molecule has 136 valence electrons. The Hall–Kier alpha value is -1.79. The van der Waals surface area contributed by atoms with Gasteiger partial charge in [0.05, 0.1) is 18.6 Å². The van der Waals surface area contributed by atoms with Gasteiger partial charge in [-0.05, 0) is 30.7 Å². The number of nitrogens with zero attached hydrogens (tertiary/aromatic N) is 2. The summed E-state index contributed by atoms with van der Waals surface area (Å²) in [6, 6.07) is 6.03. The first kappa shape index (κ1) is 16.7. The summed E-state index contributed by atoms with van der Waals surface area (Å²) in [6.07, 6.45) is 1.59. The highest BCUT2D eigenvalue weighted by Crippen LogP contribution is 2.34. The molecule has 0 spiro atoms. The van der Waals surface area contributed by atoms with Crippen LogP contribution in [0.15, 0.2) is 18.2 Å². The molecular weight excluding hydrogens is 320 g/mol. The lowest BCUT2D eigenvalue weighted by atomic mass is 9.88. The largest absolute Gasteiger partial charge is 0.454 e. The van der Waals surface area contributed by atoms with Crippen LogP contribution in [0.1, 0.15) is 18.9 Å². The van der Waals surface area contributed by atoms with Crippen LogP contribution in [0.5, 0.6) is 11.5 Å². The van der Waals surface area contributed by atoms with Gasteiger partial charge in [0, 0.05) is 32.7 Å². The summed E-state index contributed by atoms with van der Waals surface area (Å²) in [7, 11) is 1.79. The summed E-state index contributed by atoms with van der Waals surface area (Å²) < 4.78 is 16.5. The molecule has 2 fully saturated rings. The zero-order valence-corrected chi connectivity index (χ0v) is 14.9. The van der Waals surface area contributed by atoms with Gasteiger partial charge >= 0.3 is 0 Å². The number of carbonyl (C=O) groups is 1. The number of hydrogen-bond donors (Lipinski definition) is 0. The quantitative estimate of drug-likeness (QED) is 0.827. The number of likely N-dealkylation sites (tertiary alicyclic amines) is 2. The smallest absolute Gasteiger partial charge is 0.231 e. The van der Waals surface area contributed by atoms with E-state index in [0.717, 1.165) is 49.7 Å². The van der Waals surface area contributed by atoms with Crippen molar-refractivity contribution in [1.82, 2.24) is 9.80 Å². The molecule has 25 heavy (non-hydrogen) atoms. The van der Waals surface area contributed by atoms with Crippen LogP contribution in [0.3, 0.4) is 0 Å². The van der Waals surface area contributed by atoms with Gasteiger partial charge in [-0.2, -0.15) is 0 Å². The van der Waals surface area contributed by atoms with Gasteiger partial charge in [-0.1, -0.05) is 13.0 Å². The molecule has 4 rings (SSSR count). The number of amides is 1. The van der Waals surface area contributed by atoms with Crippen molar-refractivity contribution in [2.75, 3.05) is 40.1 Å². The van der Waals surface area contributed by atoms with Gasteiger partial charge in [0.15, 0.2) is 11.5 Å². The van der Waals surface area contributed by atoms with Gasteiger partial charge in [0.2, 0.25) is 12.7 Å². The monoisotopic (exact) mass is 346 g/mol. The van der Waals surface area contributed by atoms with Crippen molar-refractivity contribution in [3.05, 3.63) is 23.8 Å². The highest BCUT2D eigenvalue weighted by molar-refractivity contribution is 5.79. The van der Waals surface area contributed by atoms with Crippen molar-refractivity contribution < 1.29 is 19.0 Å². The first-order valence-electron chi connectivity index (χ1n) is 9.12. The molecule has 2 saturated heterocycles.